The van der Waals surface area contributed by atoms with E-state index in [4.69, 9.17) is 39.3 Å². The van der Waals surface area contributed by atoms with E-state index in [1.165, 1.54) is 0 Å². The van der Waals surface area contributed by atoms with Gasteiger partial charge in [0, 0.05) is 40.5 Å². The summed E-state index contributed by atoms with van der Waals surface area (Å²) < 4.78 is 5.26. The quantitative estimate of drug-likeness (QED) is 0.484. The van der Waals surface area contributed by atoms with Crippen LogP contribution in [0.15, 0.2) is 47.0 Å². The predicted molar refractivity (Wildman–Crippen MR) is 111 cm³/mol. The summed E-state index contributed by atoms with van der Waals surface area (Å²) in [5.74, 6) is 0.822. The van der Waals surface area contributed by atoms with Crippen LogP contribution in [0.25, 0.3) is 11.4 Å². The first-order valence-electron chi connectivity index (χ1n) is 8.64. The van der Waals surface area contributed by atoms with Gasteiger partial charge in [0.2, 0.25) is 17.6 Å². The summed E-state index contributed by atoms with van der Waals surface area (Å²) in [5.41, 5.74) is 1.64. The molecule has 2 aromatic carbocycles. The van der Waals surface area contributed by atoms with E-state index in [0.29, 0.717) is 33.2 Å². The van der Waals surface area contributed by atoms with Crippen molar-refractivity contribution in [2.75, 3.05) is 7.05 Å². The highest BCUT2D eigenvalue weighted by atomic mass is 35.5. The fraction of sp³-hybridized carbons (Fsp3) is 0.250. The molecule has 0 bridgehead atoms. The lowest BCUT2D eigenvalue weighted by Gasteiger charge is -2.26. The third kappa shape index (κ3) is 4.85. The molecule has 0 saturated heterocycles. The van der Waals surface area contributed by atoms with Gasteiger partial charge < -0.3 is 9.42 Å². The summed E-state index contributed by atoms with van der Waals surface area (Å²) in [7, 11) is 1.74. The Hall–Kier alpha value is -2.08. The second-order valence-electron chi connectivity index (χ2n) is 6.37. The number of amides is 1. The highest BCUT2D eigenvalue weighted by Crippen LogP contribution is 2.29. The number of hydrogen-bond acceptors (Lipinski definition) is 4. The molecule has 0 aliphatic rings. The van der Waals surface area contributed by atoms with Crippen LogP contribution in [-0.4, -0.2) is 28.0 Å². The maximum atomic E-state index is 12.6. The monoisotopic (exact) mass is 437 g/mol. The molecule has 1 amide bonds. The van der Waals surface area contributed by atoms with Crippen molar-refractivity contribution < 1.29 is 9.32 Å². The Kier molecular flexibility index (Phi) is 6.60. The first-order chi connectivity index (χ1) is 13.3. The van der Waals surface area contributed by atoms with Gasteiger partial charge in [-0.15, -0.1) is 0 Å². The molecule has 0 N–H and O–H groups in total. The van der Waals surface area contributed by atoms with Gasteiger partial charge in [-0.05, 0) is 48.9 Å². The Labute approximate surface area is 178 Å². The second-order valence-corrected chi connectivity index (χ2v) is 7.65. The zero-order valence-electron chi connectivity index (χ0n) is 15.3. The van der Waals surface area contributed by atoms with Gasteiger partial charge in [0.25, 0.3) is 0 Å². The Morgan fingerprint density at radius 2 is 1.79 bits per heavy atom. The van der Waals surface area contributed by atoms with E-state index in [0.717, 1.165) is 11.1 Å². The third-order valence-corrected chi connectivity index (χ3v) is 5.32. The Bertz CT molecular complexity index is 973. The number of carbonyl (C=O) groups excluding carboxylic acids is 1. The third-order valence-electron chi connectivity index (χ3n) is 4.51. The summed E-state index contributed by atoms with van der Waals surface area (Å²) in [4.78, 5) is 18.6. The molecule has 0 aliphatic heterocycles. The smallest absolute Gasteiger partial charge is 0.227 e. The molecule has 3 rings (SSSR count). The van der Waals surface area contributed by atoms with Crippen LogP contribution in [0.4, 0.5) is 0 Å². The van der Waals surface area contributed by atoms with Crippen LogP contribution in [-0.2, 0) is 11.2 Å². The number of carbonyl (C=O) groups is 1. The van der Waals surface area contributed by atoms with Gasteiger partial charge in [0.15, 0.2) is 0 Å². The average molecular weight is 439 g/mol. The van der Waals surface area contributed by atoms with Crippen molar-refractivity contribution in [2.24, 2.45) is 0 Å². The summed E-state index contributed by atoms with van der Waals surface area (Å²) >= 11 is 18.1. The van der Waals surface area contributed by atoms with Crippen LogP contribution >= 0.6 is 34.8 Å². The van der Waals surface area contributed by atoms with Gasteiger partial charge >= 0.3 is 0 Å². The van der Waals surface area contributed by atoms with Crippen molar-refractivity contribution >= 4 is 40.7 Å². The molecule has 5 nitrogen and oxygen atoms in total. The van der Waals surface area contributed by atoms with E-state index in [1.807, 2.05) is 25.1 Å². The Morgan fingerprint density at radius 3 is 2.46 bits per heavy atom. The fourth-order valence-corrected chi connectivity index (χ4v) is 3.42. The molecule has 8 heteroatoms. The molecule has 146 valence electrons. The van der Waals surface area contributed by atoms with E-state index in [2.05, 4.69) is 10.1 Å². The number of aromatic nitrogens is 2. The largest absolute Gasteiger partial charge is 0.339 e. The van der Waals surface area contributed by atoms with E-state index < -0.39 is 0 Å². The molecule has 28 heavy (non-hydrogen) atoms. The predicted octanol–water partition coefficient (Wildman–Crippen LogP) is 5.85. The molecule has 1 aromatic heterocycles. The highest BCUT2D eigenvalue weighted by Gasteiger charge is 2.20. The topological polar surface area (TPSA) is 59.2 Å². The van der Waals surface area contributed by atoms with Gasteiger partial charge in [-0.2, -0.15) is 4.98 Å². The zero-order valence-corrected chi connectivity index (χ0v) is 17.6. The first kappa shape index (κ1) is 20.6. The van der Waals surface area contributed by atoms with Crippen molar-refractivity contribution in [3.63, 3.8) is 0 Å². The summed E-state index contributed by atoms with van der Waals surface area (Å²) in [6.07, 6.45) is 0.596. The van der Waals surface area contributed by atoms with E-state index in [9.17, 15) is 4.79 Å². The second kappa shape index (κ2) is 8.95. The van der Waals surface area contributed by atoms with Crippen molar-refractivity contribution in [2.45, 2.75) is 25.8 Å². The van der Waals surface area contributed by atoms with Crippen molar-refractivity contribution in [1.82, 2.24) is 15.0 Å². The van der Waals surface area contributed by atoms with Crippen molar-refractivity contribution in [1.29, 1.82) is 0 Å². The minimum absolute atomic E-state index is 0.0511. The standard InChI is InChI=1S/C20H18Cl3N3O2/c1-12(16-8-7-15(22)11-17(16)23)26(2)19(27)10-9-18-24-20(25-28-18)13-3-5-14(21)6-4-13/h3-8,11-12H,9-10H2,1-2H3. The molecule has 0 aliphatic carbocycles. The minimum Gasteiger partial charge on any atom is -0.339 e. The molecule has 1 atom stereocenters. The minimum atomic E-state index is -0.190. The molecule has 1 unspecified atom stereocenters. The number of benzene rings is 2. The number of rotatable bonds is 6. The van der Waals surface area contributed by atoms with Crippen LogP contribution in [0.5, 0.6) is 0 Å². The normalized spacial score (nSPS) is 12.0. The van der Waals surface area contributed by atoms with Crippen molar-refractivity contribution in [3.05, 3.63) is 69.0 Å². The van der Waals surface area contributed by atoms with Gasteiger partial charge in [0.05, 0.1) is 6.04 Å². The maximum Gasteiger partial charge on any atom is 0.227 e. The maximum absolute atomic E-state index is 12.6. The van der Waals surface area contributed by atoms with Gasteiger partial charge in [0.1, 0.15) is 0 Å². The fourth-order valence-electron chi connectivity index (χ4n) is 2.73. The van der Waals surface area contributed by atoms with Crippen LogP contribution in [0, 0.1) is 0 Å². The molecule has 0 fully saturated rings. The van der Waals surface area contributed by atoms with Crippen LogP contribution < -0.4 is 0 Å². The van der Waals surface area contributed by atoms with E-state index >= 15 is 0 Å². The molecular weight excluding hydrogens is 421 g/mol. The number of hydrogen-bond donors (Lipinski definition) is 0. The summed E-state index contributed by atoms with van der Waals surface area (Å²) in [6.45, 7) is 1.92. The molecule has 0 spiro atoms. The highest BCUT2D eigenvalue weighted by molar-refractivity contribution is 6.35. The lowest BCUT2D eigenvalue weighted by atomic mass is 10.1. The van der Waals surface area contributed by atoms with Gasteiger partial charge in [-0.25, -0.2) is 0 Å². The van der Waals surface area contributed by atoms with Gasteiger partial charge in [-0.1, -0.05) is 46.0 Å². The van der Waals surface area contributed by atoms with E-state index in [1.54, 1.807) is 36.2 Å². The molecule has 1 heterocycles. The molecular formula is C20H18Cl3N3O2. The van der Waals surface area contributed by atoms with Crippen molar-refractivity contribution in [3.8, 4) is 11.4 Å². The lowest BCUT2D eigenvalue weighted by molar-refractivity contribution is -0.131. The van der Waals surface area contributed by atoms with Crippen LogP contribution in [0.3, 0.4) is 0 Å². The van der Waals surface area contributed by atoms with Crippen LogP contribution in [0.1, 0.15) is 30.8 Å². The molecule has 0 radical (unpaired) electrons. The average Bonchev–Trinajstić information content (AvgIpc) is 3.14. The number of aryl methyl sites for hydroxylation is 1. The zero-order chi connectivity index (χ0) is 20.3. The summed E-state index contributed by atoms with van der Waals surface area (Å²) in [5, 5.41) is 5.68. The lowest BCUT2D eigenvalue weighted by Crippen LogP contribution is -2.30. The first-order valence-corrected chi connectivity index (χ1v) is 9.77. The SMILES string of the molecule is CC(c1ccc(Cl)cc1Cl)N(C)C(=O)CCc1nc(-c2ccc(Cl)cc2)no1. The number of halogens is 3. The molecule has 0 saturated carbocycles. The molecule has 3 aromatic rings. The Morgan fingerprint density at radius 1 is 1.11 bits per heavy atom. The summed E-state index contributed by atoms with van der Waals surface area (Å²) in [6, 6.07) is 12.2. The van der Waals surface area contributed by atoms with Gasteiger partial charge in [-0.3, -0.25) is 4.79 Å². The Balaban J connectivity index is 1.61. The van der Waals surface area contributed by atoms with Crippen LogP contribution in [0.2, 0.25) is 15.1 Å². The number of nitrogens with zero attached hydrogens (tertiary/aromatic N) is 3. The van der Waals surface area contributed by atoms with E-state index in [-0.39, 0.29) is 18.4 Å².